The van der Waals surface area contributed by atoms with Gasteiger partial charge in [0, 0.05) is 39.0 Å². The molecule has 0 unspecified atom stereocenters. The van der Waals surface area contributed by atoms with Crippen molar-refractivity contribution < 1.29 is 0 Å². The molecule has 0 saturated heterocycles. The van der Waals surface area contributed by atoms with Crippen molar-refractivity contribution in [2.24, 2.45) is 0 Å². The molecule has 0 spiro atoms. The van der Waals surface area contributed by atoms with Gasteiger partial charge in [0.15, 0.2) is 17.5 Å². The van der Waals surface area contributed by atoms with Crippen LogP contribution in [-0.2, 0) is 0 Å². The molecule has 5 nitrogen and oxygen atoms in total. The van der Waals surface area contributed by atoms with E-state index in [0.29, 0.717) is 22.5 Å². The van der Waals surface area contributed by atoms with Crippen LogP contribution in [0.3, 0.4) is 0 Å². The largest absolute Gasteiger partial charge is 0.299 e. The van der Waals surface area contributed by atoms with E-state index in [1.54, 1.807) is 0 Å². The number of aromatic nitrogens is 5. The van der Waals surface area contributed by atoms with E-state index < -0.39 is 0 Å². The Morgan fingerprint density at radius 3 is 1.50 bits per heavy atom. The molecule has 0 aliphatic carbocycles. The molecule has 3 aromatic heterocycles. The van der Waals surface area contributed by atoms with E-state index in [4.69, 9.17) is 31.5 Å². The molecular weight excluding hydrogens is 586 g/mol. The van der Waals surface area contributed by atoms with Crippen molar-refractivity contribution in [2.75, 3.05) is 0 Å². The van der Waals surface area contributed by atoms with Crippen LogP contribution in [0.2, 0.25) is 5.02 Å². The van der Waals surface area contributed by atoms with Gasteiger partial charge in [-0.3, -0.25) is 4.40 Å². The Balaban J connectivity index is 1.20. The van der Waals surface area contributed by atoms with E-state index in [0.717, 1.165) is 56.0 Å². The van der Waals surface area contributed by atoms with Crippen LogP contribution in [0.5, 0.6) is 0 Å². The third-order valence-corrected chi connectivity index (χ3v) is 8.14. The highest BCUT2D eigenvalue weighted by atomic mass is 35.5. The van der Waals surface area contributed by atoms with E-state index in [1.807, 2.05) is 97.1 Å². The molecule has 5 aromatic carbocycles. The first kappa shape index (κ1) is 27.6. The van der Waals surface area contributed by atoms with Crippen LogP contribution in [0.25, 0.3) is 73.5 Å². The molecule has 0 atom stereocenters. The molecule has 6 heteroatoms. The average molecular weight is 612 g/mol. The summed E-state index contributed by atoms with van der Waals surface area (Å²) in [4.78, 5) is 19.6. The number of hydrogen-bond acceptors (Lipinski definition) is 4. The predicted molar refractivity (Wildman–Crippen MR) is 186 cm³/mol. The third kappa shape index (κ3) is 5.34. The minimum Gasteiger partial charge on any atom is -0.299 e. The van der Waals surface area contributed by atoms with Crippen LogP contribution in [-0.4, -0.2) is 24.3 Å². The lowest BCUT2D eigenvalue weighted by atomic mass is 9.99. The van der Waals surface area contributed by atoms with Crippen molar-refractivity contribution in [1.29, 1.82) is 0 Å². The van der Waals surface area contributed by atoms with Crippen LogP contribution in [0.1, 0.15) is 0 Å². The van der Waals surface area contributed by atoms with Crippen LogP contribution in [0, 0.1) is 0 Å². The van der Waals surface area contributed by atoms with Crippen LogP contribution in [0.4, 0.5) is 0 Å². The van der Waals surface area contributed by atoms with Gasteiger partial charge in [0.25, 0.3) is 0 Å². The quantitative estimate of drug-likeness (QED) is 0.188. The number of halogens is 1. The Morgan fingerprint density at radius 2 is 0.891 bits per heavy atom. The van der Waals surface area contributed by atoms with Gasteiger partial charge in [0.2, 0.25) is 0 Å². The minimum atomic E-state index is 0.560. The van der Waals surface area contributed by atoms with Crippen LogP contribution < -0.4 is 0 Å². The van der Waals surface area contributed by atoms with Crippen molar-refractivity contribution in [3.05, 3.63) is 163 Å². The van der Waals surface area contributed by atoms with Crippen molar-refractivity contribution in [3.8, 4) is 67.8 Å². The maximum absolute atomic E-state index is 6.74. The highest BCUT2D eigenvalue weighted by Crippen LogP contribution is 2.35. The normalized spacial score (nSPS) is 11.2. The molecule has 0 fully saturated rings. The van der Waals surface area contributed by atoms with Crippen molar-refractivity contribution in [2.45, 2.75) is 0 Å². The van der Waals surface area contributed by atoms with E-state index in [9.17, 15) is 0 Å². The SMILES string of the molecule is Clc1cc(-c2ccc(-c3nc4ccccn4c3-c3ccccc3)cc2)cc(-c2nc(-c3ccccc3)nc(-c3ccccc3)n2)c1. The predicted octanol–water partition coefficient (Wildman–Crippen LogP) is 10.2. The summed E-state index contributed by atoms with van der Waals surface area (Å²) in [5.74, 6) is 1.78. The first-order valence-electron chi connectivity index (χ1n) is 15.0. The van der Waals surface area contributed by atoms with Gasteiger partial charge in [0.1, 0.15) is 5.65 Å². The second-order valence-electron chi connectivity index (χ2n) is 10.9. The summed E-state index contributed by atoms with van der Waals surface area (Å²) in [6.45, 7) is 0. The zero-order valence-corrected chi connectivity index (χ0v) is 25.4. The number of imidazole rings is 1. The van der Waals surface area contributed by atoms with Gasteiger partial charge < -0.3 is 0 Å². The molecule has 0 aliphatic rings. The van der Waals surface area contributed by atoms with Gasteiger partial charge in [-0.15, -0.1) is 0 Å². The first-order chi connectivity index (χ1) is 22.7. The number of benzene rings is 5. The topological polar surface area (TPSA) is 56.0 Å². The van der Waals surface area contributed by atoms with Crippen LogP contribution in [0.15, 0.2) is 158 Å². The number of hydrogen-bond donors (Lipinski definition) is 0. The number of rotatable bonds is 6. The van der Waals surface area contributed by atoms with Crippen molar-refractivity contribution in [1.82, 2.24) is 24.3 Å². The van der Waals surface area contributed by atoms with Gasteiger partial charge in [-0.05, 0) is 41.5 Å². The highest BCUT2D eigenvalue weighted by molar-refractivity contribution is 6.31. The summed E-state index contributed by atoms with van der Waals surface area (Å²) in [5, 5.41) is 0.603. The molecular formula is C40H26ClN5. The summed E-state index contributed by atoms with van der Waals surface area (Å²) in [6.07, 6.45) is 2.06. The maximum Gasteiger partial charge on any atom is 0.164 e. The molecule has 0 radical (unpaired) electrons. The third-order valence-electron chi connectivity index (χ3n) is 7.92. The Labute approximate surface area is 271 Å². The lowest BCUT2D eigenvalue weighted by Crippen LogP contribution is -2.00. The lowest BCUT2D eigenvalue weighted by Gasteiger charge is -2.11. The zero-order valence-electron chi connectivity index (χ0n) is 24.6. The monoisotopic (exact) mass is 611 g/mol. The fourth-order valence-electron chi connectivity index (χ4n) is 5.71. The smallest absolute Gasteiger partial charge is 0.164 e. The number of pyridine rings is 1. The van der Waals surface area contributed by atoms with Gasteiger partial charge in [-0.2, -0.15) is 0 Å². The summed E-state index contributed by atoms with van der Waals surface area (Å²) >= 11 is 6.74. The van der Waals surface area contributed by atoms with E-state index in [1.165, 1.54) is 0 Å². The second-order valence-corrected chi connectivity index (χ2v) is 11.4. The molecule has 0 bridgehead atoms. The second kappa shape index (κ2) is 11.9. The average Bonchev–Trinajstić information content (AvgIpc) is 3.52. The zero-order chi connectivity index (χ0) is 30.9. The van der Waals surface area contributed by atoms with Gasteiger partial charge in [-0.25, -0.2) is 19.9 Å². The molecule has 0 N–H and O–H groups in total. The highest BCUT2D eigenvalue weighted by Gasteiger charge is 2.17. The van der Waals surface area contributed by atoms with E-state index >= 15 is 0 Å². The molecule has 218 valence electrons. The molecule has 0 saturated carbocycles. The summed E-state index contributed by atoms with van der Waals surface area (Å²) in [5.41, 5.74) is 9.69. The Hall–Kier alpha value is -5.91. The summed E-state index contributed by atoms with van der Waals surface area (Å²) in [6, 6.07) is 50.8. The van der Waals surface area contributed by atoms with Gasteiger partial charge in [0.05, 0.1) is 11.4 Å². The number of fused-ring (bicyclic) bond motifs is 1. The molecule has 8 rings (SSSR count). The lowest BCUT2D eigenvalue weighted by molar-refractivity contribution is 1.07. The first-order valence-corrected chi connectivity index (χ1v) is 15.4. The molecule has 46 heavy (non-hydrogen) atoms. The van der Waals surface area contributed by atoms with Crippen molar-refractivity contribution in [3.63, 3.8) is 0 Å². The molecule has 0 amide bonds. The molecule has 3 heterocycles. The standard InChI is InChI=1S/C40H26ClN5/c41-34-25-32(24-33(26-34)40-44-38(30-14-6-2-7-15-30)43-39(45-40)31-16-8-3-9-17-31)27-19-21-28(22-20-27)36-37(29-12-4-1-5-13-29)46-23-11-10-18-35(46)42-36/h1-26H. The fourth-order valence-corrected chi connectivity index (χ4v) is 5.95. The number of nitrogens with zero attached hydrogens (tertiary/aromatic N) is 5. The van der Waals surface area contributed by atoms with E-state index in [-0.39, 0.29) is 0 Å². The fraction of sp³-hybridized carbons (Fsp3) is 0. The summed E-state index contributed by atoms with van der Waals surface area (Å²) in [7, 11) is 0. The summed E-state index contributed by atoms with van der Waals surface area (Å²) < 4.78 is 2.14. The maximum atomic E-state index is 6.74. The van der Waals surface area contributed by atoms with Gasteiger partial charge >= 0.3 is 0 Å². The minimum absolute atomic E-state index is 0.560. The Bertz CT molecular complexity index is 2240. The van der Waals surface area contributed by atoms with Crippen molar-refractivity contribution >= 4 is 17.2 Å². The molecule has 8 aromatic rings. The van der Waals surface area contributed by atoms with E-state index in [2.05, 4.69) is 65.2 Å². The van der Waals surface area contributed by atoms with Crippen LogP contribution >= 0.6 is 11.6 Å². The Morgan fingerprint density at radius 1 is 0.391 bits per heavy atom. The molecule has 0 aliphatic heterocycles. The van der Waals surface area contributed by atoms with Gasteiger partial charge in [-0.1, -0.05) is 133 Å². The Kier molecular flexibility index (Phi) is 7.14.